The van der Waals surface area contributed by atoms with E-state index >= 15 is 0 Å². The van der Waals surface area contributed by atoms with Gasteiger partial charge in [-0.05, 0) is 54.0 Å². The number of nitrogens with zero attached hydrogens (tertiary/aromatic N) is 1. The Kier molecular flexibility index (Phi) is 9.95. The molecule has 0 radical (unpaired) electrons. The number of benzene rings is 2. The average molecular weight is 502 g/mol. The van der Waals surface area contributed by atoms with E-state index in [2.05, 4.69) is 73.2 Å². The number of rotatable bonds is 10. The van der Waals surface area contributed by atoms with Crippen molar-refractivity contribution in [3.05, 3.63) is 69.7 Å². The van der Waals surface area contributed by atoms with Crippen LogP contribution in [0.25, 0.3) is 0 Å². The predicted octanol–water partition coefficient (Wildman–Crippen LogP) is 6.01. The van der Waals surface area contributed by atoms with Crippen LogP contribution >= 0.6 is 15.9 Å². The Labute approximate surface area is 201 Å². The van der Waals surface area contributed by atoms with Crippen LogP contribution in [0.5, 0.6) is 0 Å². The Bertz CT molecular complexity index is 870. The summed E-state index contributed by atoms with van der Waals surface area (Å²) in [5, 5.41) is 2.97. The zero-order valence-corrected chi connectivity index (χ0v) is 21.7. The molecule has 5 heteroatoms. The van der Waals surface area contributed by atoms with Crippen LogP contribution in [0.4, 0.5) is 0 Å². The number of amides is 2. The van der Waals surface area contributed by atoms with E-state index in [1.54, 1.807) is 4.90 Å². The molecule has 0 saturated heterocycles. The van der Waals surface area contributed by atoms with E-state index in [0.717, 1.165) is 28.4 Å². The molecule has 0 fully saturated rings. The van der Waals surface area contributed by atoms with Gasteiger partial charge in [-0.25, -0.2) is 0 Å². The lowest BCUT2D eigenvalue weighted by atomic mass is 9.86. The van der Waals surface area contributed by atoms with Crippen molar-refractivity contribution in [1.29, 1.82) is 0 Å². The third kappa shape index (κ3) is 8.09. The fourth-order valence-electron chi connectivity index (χ4n) is 3.47. The molecular formula is C27H37BrN2O2. The van der Waals surface area contributed by atoms with Crippen LogP contribution in [0, 0.1) is 0 Å². The smallest absolute Gasteiger partial charge is 0.242 e. The Morgan fingerprint density at radius 3 is 2.16 bits per heavy atom. The van der Waals surface area contributed by atoms with Crippen molar-refractivity contribution in [2.75, 3.05) is 6.54 Å². The van der Waals surface area contributed by atoms with Crippen LogP contribution in [-0.2, 0) is 28.0 Å². The van der Waals surface area contributed by atoms with E-state index in [1.165, 1.54) is 5.56 Å². The first kappa shape index (κ1) is 26.1. The van der Waals surface area contributed by atoms with Crippen molar-refractivity contribution in [3.8, 4) is 0 Å². The molecule has 0 heterocycles. The number of unbranched alkanes of at least 4 members (excludes halogenated alkanes) is 1. The lowest BCUT2D eigenvalue weighted by molar-refractivity contribution is -0.140. The standard InChI is InChI=1S/C27H37BrN2O2/c1-6-7-18-29-26(32)20(2)30(19-22-10-15-24(28)16-11-22)25(31)17-12-21-8-13-23(14-9-21)27(3,4)5/h8-11,13-16,20H,6-7,12,17-19H2,1-5H3,(H,29,32)/t20-/m1/s1. The molecule has 174 valence electrons. The number of hydrogen-bond acceptors (Lipinski definition) is 2. The third-order valence-electron chi connectivity index (χ3n) is 5.71. The summed E-state index contributed by atoms with van der Waals surface area (Å²) in [5.74, 6) is -0.107. The number of nitrogens with one attached hydrogen (secondary N) is 1. The van der Waals surface area contributed by atoms with E-state index in [1.807, 2.05) is 31.2 Å². The fourth-order valence-corrected chi connectivity index (χ4v) is 3.74. The van der Waals surface area contributed by atoms with E-state index in [4.69, 9.17) is 0 Å². The highest BCUT2D eigenvalue weighted by atomic mass is 79.9. The Morgan fingerprint density at radius 1 is 1.00 bits per heavy atom. The second kappa shape index (κ2) is 12.2. The monoisotopic (exact) mass is 500 g/mol. The first-order chi connectivity index (χ1) is 15.1. The topological polar surface area (TPSA) is 49.4 Å². The molecule has 0 aromatic heterocycles. The molecular weight excluding hydrogens is 464 g/mol. The fraction of sp³-hybridized carbons (Fsp3) is 0.481. The third-order valence-corrected chi connectivity index (χ3v) is 6.24. The van der Waals surface area contributed by atoms with Gasteiger partial charge in [0.2, 0.25) is 11.8 Å². The van der Waals surface area contributed by atoms with E-state index in [9.17, 15) is 9.59 Å². The molecule has 2 aromatic carbocycles. The first-order valence-corrected chi connectivity index (χ1v) is 12.3. The minimum atomic E-state index is -0.522. The van der Waals surface area contributed by atoms with Crippen molar-refractivity contribution in [2.45, 2.75) is 78.3 Å². The van der Waals surface area contributed by atoms with Crippen molar-refractivity contribution in [1.82, 2.24) is 10.2 Å². The van der Waals surface area contributed by atoms with Crippen LogP contribution in [0.15, 0.2) is 53.0 Å². The van der Waals surface area contributed by atoms with Crippen molar-refractivity contribution in [3.63, 3.8) is 0 Å². The summed E-state index contributed by atoms with van der Waals surface area (Å²) < 4.78 is 0.989. The maximum atomic E-state index is 13.2. The molecule has 0 saturated carbocycles. The Morgan fingerprint density at radius 2 is 1.59 bits per heavy atom. The maximum Gasteiger partial charge on any atom is 0.242 e. The lowest BCUT2D eigenvalue weighted by Crippen LogP contribution is -2.47. The molecule has 2 amide bonds. The van der Waals surface area contributed by atoms with Crippen LogP contribution in [0.2, 0.25) is 0 Å². The Hall–Kier alpha value is -2.14. The largest absolute Gasteiger partial charge is 0.354 e. The highest BCUT2D eigenvalue weighted by Crippen LogP contribution is 2.23. The number of hydrogen-bond donors (Lipinski definition) is 1. The van der Waals surface area contributed by atoms with Gasteiger partial charge in [-0.15, -0.1) is 0 Å². The van der Waals surface area contributed by atoms with Gasteiger partial charge in [-0.1, -0.05) is 86.4 Å². The van der Waals surface area contributed by atoms with Gasteiger partial charge in [0.1, 0.15) is 6.04 Å². The number of aryl methyl sites for hydroxylation is 1. The van der Waals surface area contributed by atoms with Crippen molar-refractivity contribution < 1.29 is 9.59 Å². The summed E-state index contributed by atoms with van der Waals surface area (Å²) in [6.45, 7) is 11.5. The minimum Gasteiger partial charge on any atom is -0.354 e. The molecule has 0 aliphatic carbocycles. The van der Waals surface area contributed by atoms with Gasteiger partial charge in [-0.3, -0.25) is 9.59 Å². The summed E-state index contributed by atoms with van der Waals surface area (Å²) >= 11 is 3.45. The van der Waals surface area contributed by atoms with Gasteiger partial charge in [0, 0.05) is 24.0 Å². The normalized spacial score (nSPS) is 12.3. The zero-order chi connectivity index (χ0) is 23.7. The van der Waals surface area contributed by atoms with Gasteiger partial charge >= 0.3 is 0 Å². The van der Waals surface area contributed by atoms with E-state index < -0.39 is 6.04 Å². The van der Waals surface area contributed by atoms with Gasteiger partial charge < -0.3 is 10.2 Å². The molecule has 0 aliphatic heterocycles. The minimum absolute atomic E-state index is 0.00837. The molecule has 1 atom stereocenters. The Balaban J connectivity index is 2.09. The SMILES string of the molecule is CCCCNC(=O)[C@@H](C)N(Cc1ccc(Br)cc1)C(=O)CCc1ccc(C(C)(C)C)cc1. The quantitative estimate of drug-likeness (QED) is 0.405. The molecule has 1 N–H and O–H groups in total. The molecule has 4 nitrogen and oxygen atoms in total. The summed E-state index contributed by atoms with van der Waals surface area (Å²) in [6.07, 6.45) is 2.98. The van der Waals surface area contributed by atoms with Crippen LogP contribution in [0.3, 0.4) is 0 Å². The van der Waals surface area contributed by atoms with Crippen LogP contribution < -0.4 is 5.32 Å². The highest BCUT2D eigenvalue weighted by Gasteiger charge is 2.25. The second-order valence-electron chi connectivity index (χ2n) is 9.42. The molecule has 0 bridgehead atoms. The first-order valence-electron chi connectivity index (χ1n) is 11.5. The second-order valence-corrected chi connectivity index (χ2v) is 10.3. The van der Waals surface area contributed by atoms with Gasteiger partial charge in [0.15, 0.2) is 0 Å². The summed E-state index contributed by atoms with van der Waals surface area (Å²) in [5.41, 5.74) is 3.53. The van der Waals surface area contributed by atoms with Crippen LogP contribution in [0.1, 0.15) is 70.6 Å². The van der Waals surface area contributed by atoms with E-state index in [0.29, 0.717) is 25.9 Å². The number of carbonyl (C=O) groups is 2. The predicted molar refractivity (Wildman–Crippen MR) is 136 cm³/mol. The van der Waals surface area contributed by atoms with Crippen molar-refractivity contribution >= 4 is 27.7 Å². The van der Waals surface area contributed by atoms with Gasteiger partial charge in [0.25, 0.3) is 0 Å². The number of halogens is 1. The molecule has 2 rings (SSSR count). The molecule has 0 spiro atoms. The molecule has 0 unspecified atom stereocenters. The number of carbonyl (C=O) groups excluding carboxylic acids is 2. The summed E-state index contributed by atoms with van der Waals surface area (Å²) in [6, 6.07) is 15.9. The average Bonchev–Trinajstić information content (AvgIpc) is 2.76. The lowest BCUT2D eigenvalue weighted by Gasteiger charge is -2.29. The molecule has 0 aliphatic rings. The molecule has 2 aromatic rings. The van der Waals surface area contributed by atoms with Gasteiger partial charge in [-0.2, -0.15) is 0 Å². The zero-order valence-electron chi connectivity index (χ0n) is 20.1. The molecule has 32 heavy (non-hydrogen) atoms. The maximum absolute atomic E-state index is 13.2. The highest BCUT2D eigenvalue weighted by molar-refractivity contribution is 9.10. The van der Waals surface area contributed by atoms with Crippen LogP contribution in [-0.4, -0.2) is 29.3 Å². The summed E-state index contributed by atoms with van der Waals surface area (Å²) in [4.78, 5) is 27.6. The summed E-state index contributed by atoms with van der Waals surface area (Å²) in [7, 11) is 0. The van der Waals surface area contributed by atoms with E-state index in [-0.39, 0.29) is 17.2 Å². The van der Waals surface area contributed by atoms with Gasteiger partial charge in [0.05, 0.1) is 0 Å². The van der Waals surface area contributed by atoms with Crippen molar-refractivity contribution in [2.24, 2.45) is 0 Å².